The predicted octanol–water partition coefficient (Wildman–Crippen LogP) is 0.112. The first-order chi connectivity index (χ1) is 5.73. The number of hydrogen-bond acceptors (Lipinski definition) is 3. The van der Waals surface area contributed by atoms with Gasteiger partial charge in [-0.15, -0.1) is 6.58 Å². The van der Waals surface area contributed by atoms with Gasteiger partial charge in [-0.3, -0.25) is 4.79 Å². The summed E-state index contributed by atoms with van der Waals surface area (Å²) in [6.07, 6.45) is 2.54. The third-order valence-electron chi connectivity index (χ3n) is 1.88. The Morgan fingerprint density at radius 3 is 2.31 bits per heavy atom. The van der Waals surface area contributed by atoms with Gasteiger partial charge in [0, 0.05) is 12.8 Å². The van der Waals surface area contributed by atoms with Crippen molar-refractivity contribution in [1.82, 2.24) is 5.32 Å². The van der Waals surface area contributed by atoms with E-state index in [1.54, 1.807) is 0 Å². The van der Waals surface area contributed by atoms with Gasteiger partial charge in [0.25, 0.3) is 0 Å². The van der Waals surface area contributed by atoms with Crippen LogP contribution in [-0.2, 0) is 14.6 Å². The third kappa shape index (κ3) is 2.84. The number of carbonyl (C=O) groups is 1. The van der Waals surface area contributed by atoms with E-state index in [0.29, 0.717) is 0 Å². The van der Waals surface area contributed by atoms with Crippen LogP contribution in [0.3, 0.4) is 0 Å². The highest BCUT2D eigenvalue weighted by molar-refractivity contribution is 7.92. The smallest absolute Gasteiger partial charge is 0.241 e. The molecule has 13 heavy (non-hydrogen) atoms. The van der Waals surface area contributed by atoms with E-state index in [2.05, 4.69) is 11.9 Å². The fourth-order valence-corrected chi connectivity index (χ4v) is 0.955. The van der Waals surface area contributed by atoms with E-state index < -0.39 is 20.5 Å². The van der Waals surface area contributed by atoms with Crippen LogP contribution in [0.5, 0.6) is 0 Å². The van der Waals surface area contributed by atoms with Gasteiger partial charge in [0.05, 0.1) is 0 Å². The van der Waals surface area contributed by atoms with Crippen molar-refractivity contribution in [2.45, 2.75) is 18.6 Å². The highest BCUT2D eigenvalue weighted by Crippen LogP contribution is 2.14. The van der Waals surface area contributed by atoms with E-state index in [-0.39, 0.29) is 6.54 Å². The van der Waals surface area contributed by atoms with E-state index in [0.717, 1.165) is 6.26 Å². The average molecular weight is 205 g/mol. The summed E-state index contributed by atoms with van der Waals surface area (Å²) in [6, 6.07) is 0. The van der Waals surface area contributed by atoms with Gasteiger partial charge >= 0.3 is 0 Å². The van der Waals surface area contributed by atoms with Crippen molar-refractivity contribution in [3.63, 3.8) is 0 Å². The molecular formula is C8H15NO3S. The molecule has 1 N–H and O–H groups in total. The van der Waals surface area contributed by atoms with Crippen molar-refractivity contribution in [2.75, 3.05) is 12.8 Å². The molecule has 0 aromatic heterocycles. The van der Waals surface area contributed by atoms with E-state index in [9.17, 15) is 13.2 Å². The topological polar surface area (TPSA) is 63.2 Å². The maximum absolute atomic E-state index is 11.3. The fraction of sp³-hybridized carbons (Fsp3) is 0.625. The van der Waals surface area contributed by atoms with Crippen molar-refractivity contribution in [3.05, 3.63) is 12.7 Å². The standard InChI is InChI=1S/C8H15NO3S/c1-5-6-9-7(10)8(2,3)13(4,11)12/h5H,1,6H2,2-4H3,(H,9,10). The Balaban J connectivity index is 4.65. The molecule has 0 rings (SSSR count). The molecule has 0 unspecified atom stereocenters. The summed E-state index contributed by atoms with van der Waals surface area (Å²) in [5.41, 5.74) is 0. The molecule has 5 heteroatoms. The Morgan fingerprint density at radius 2 is 2.00 bits per heavy atom. The summed E-state index contributed by atoms with van der Waals surface area (Å²) >= 11 is 0. The number of carbonyl (C=O) groups excluding carboxylic acids is 1. The van der Waals surface area contributed by atoms with Crippen LogP contribution in [0.2, 0.25) is 0 Å². The minimum Gasteiger partial charge on any atom is -0.351 e. The number of sulfone groups is 1. The van der Waals surface area contributed by atoms with Gasteiger partial charge in [0.15, 0.2) is 9.84 Å². The lowest BCUT2D eigenvalue weighted by Crippen LogP contribution is -2.47. The van der Waals surface area contributed by atoms with Crippen LogP contribution in [0, 0.1) is 0 Å². The first-order valence-corrected chi connectivity index (χ1v) is 5.71. The molecule has 4 nitrogen and oxygen atoms in total. The van der Waals surface area contributed by atoms with Gasteiger partial charge in [-0.2, -0.15) is 0 Å². The maximum Gasteiger partial charge on any atom is 0.241 e. The molecule has 0 atom stereocenters. The lowest BCUT2D eigenvalue weighted by molar-refractivity contribution is -0.122. The number of rotatable bonds is 4. The summed E-state index contributed by atoms with van der Waals surface area (Å²) in [5.74, 6) is -0.505. The molecule has 0 heterocycles. The first kappa shape index (κ1) is 12.2. The average Bonchev–Trinajstić information content (AvgIpc) is 1.97. The summed E-state index contributed by atoms with van der Waals surface area (Å²) in [6.45, 7) is 6.44. The van der Waals surface area contributed by atoms with E-state index in [1.807, 2.05) is 0 Å². The predicted molar refractivity (Wildman–Crippen MR) is 52.1 cm³/mol. The second-order valence-corrected chi connectivity index (χ2v) is 5.85. The minimum atomic E-state index is -3.38. The molecular weight excluding hydrogens is 190 g/mol. The van der Waals surface area contributed by atoms with E-state index in [4.69, 9.17) is 0 Å². The molecule has 0 saturated carbocycles. The van der Waals surface area contributed by atoms with Gasteiger partial charge in [-0.25, -0.2) is 8.42 Å². The third-order valence-corrected chi connectivity index (χ3v) is 3.92. The van der Waals surface area contributed by atoms with Crippen molar-refractivity contribution in [2.24, 2.45) is 0 Å². The number of amides is 1. The molecule has 0 aliphatic carbocycles. The van der Waals surface area contributed by atoms with Crippen LogP contribution in [0.4, 0.5) is 0 Å². The maximum atomic E-state index is 11.3. The number of hydrogen-bond donors (Lipinski definition) is 1. The zero-order valence-electron chi connectivity index (χ0n) is 8.12. The van der Waals surface area contributed by atoms with Crippen molar-refractivity contribution >= 4 is 15.7 Å². The van der Waals surface area contributed by atoms with Crippen LogP contribution < -0.4 is 5.32 Å². The van der Waals surface area contributed by atoms with Crippen LogP contribution in [-0.4, -0.2) is 31.9 Å². The van der Waals surface area contributed by atoms with Crippen LogP contribution in [0.15, 0.2) is 12.7 Å². The lowest BCUT2D eigenvalue weighted by Gasteiger charge is -2.20. The largest absolute Gasteiger partial charge is 0.351 e. The Bertz CT molecular complexity index is 303. The van der Waals surface area contributed by atoms with Crippen molar-refractivity contribution in [1.29, 1.82) is 0 Å². The highest BCUT2D eigenvalue weighted by atomic mass is 32.2. The summed E-state index contributed by atoms with van der Waals surface area (Å²) in [4.78, 5) is 11.3. The zero-order valence-corrected chi connectivity index (χ0v) is 8.94. The molecule has 0 aliphatic heterocycles. The first-order valence-electron chi connectivity index (χ1n) is 3.82. The highest BCUT2D eigenvalue weighted by Gasteiger charge is 2.37. The number of nitrogens with one attached hydrogen (secondary N) is 1. The lowest BCUT2D eigenvalue weighted by atomic mass is 10.2. The van der Waals surface area contributed by atoms with Gasteiger partial charge in [-0.1, -0.05) is 6.08 Å². The zero-order chi connectivity index (χ0) is 10.7. The molecule has 0 radical (unpaired) electrons. The second-order valence-electron chi connectivity index (χ2n) is 3.28. The van der Waals surface area contributed by atoms with E-state index in [1.165, 1.54) is 19.9 Å². The van der Waals surface area contributed by atoms with Gasteiger partial charge < -0.3 is 5.32 Å². The molecule has 76 valence electrons. The van der Waals surface area contributed by atoms with E-state index >= 15 is 0 Å². The normalized spacial score (nSPS) is 12.2. The van der Waals surface area contributed by atoms with Gasteiger partial charge in [0.1, 0.15) is 4.75 Å². The molecule has 0 bridgehead atoms. The van der Waals surface area contributed by atoms with Crippen LogP contribution in [0.25, 0.3) is 0 Å². The molecule has 0 aromatic rings. The summed E-state index contributed by atoms with van der Waals surface area (Å²) in [7, 11) is -3.38. The molecule has 0 aliphatic rings. The molecule has 0 fully saturated rings. The quantitative estimate of drug-likeness (QED) is 0.663. The van der Waals surface area contributed by atoms with Crippen LogP contribution in [0.1, 0.15) is 13.8 Å². The minimum absolute atomic E-state index is 0.276. The molecule has 0 aromatic carbocycles. The molecule has 0 spiro atoms. The molecule has 0 saturated heterocycles. The van der Waals surface area contributed by atoms with Gasteiger partial charge in [-0.05, 0) is 13.8 Å². The van der Waals surface area contributed by atoms with Crippen LogP contribution >= 0.6 is 0 Å². The summed E-state index contributed by atoms with van der Waals surface area (Å²) in [5, 5.41) is 2.44. The Hall–Kier alpha value is -0.840. The Kier molecular flexibility index (Phi) is 3.66. The Morgan fingerprint density at radius 1 is 1.54 bits per heavy atom. The monoisotopic (exact) mass is 205 g/mol. The van der Waals surface area contributed by atoms with Crippen molar-refractivity contribution in [3.8, 4) is 0 Å². The fourth-order valence-electron chi connectivity index (χ4n) is 0.546. The SMILES string of the molecule is C=CCNC(=O)C(C)(C)S(C)(=O)=O. The molecule has 1 amide bonds. The van der Waals surface area contributed by atoms with Crippen molar-refractivity contribution < 1.29 is 13.2 Å². The second kappa shape index (κ2) is 3.91. The summed E-state index contributed by atoms with van der Waals surface area (Å²) < 4.78 is 21.0. The Labute approximate surface area is 78.9 Å². The van der Waals surface area contributed by atoms with Gasteiger partial charge in [0.2, 0.25) is 5.91 Å².